The fourth-order valence-corrected chi connectivity index (χ4v) is 3.26. The molecule has 1 aromatic heterocycles. The number of nitro benzene ring substituents is 1. The van der Waals surface area contributed by atoms with Gasteiger partial charge < -0.3 is 10.1 Å². The Labute approximate surface area is 182 Å². The molecule has 3 aromatic rings. The van der Waals surface area contributed by atoms with Gasteiger partial charge in [0.1, 0.15) is 11.3 Å². The number of para-hydroxylation sites is 2. The number of aromatic nitrogens is 2. The van der Waals surface area contributed by atoms with Crippen LogP contribution < -0.4 is 5.32 Å². The summed E-state index contributed by atoms with van der Waals surface area (Å²) in [6.45, 7) is 3.16. The second kappa shape index (κ2) is 9.40. The third-order valence-corrected chi connectivity index (χ3v) is 4.94. The Hall–Kier alpha value is -3.72. The molecule has 0 fully saturated rings. The van der Waals surface area contributed by atoms with Crippen molar-refractivity contribution in [3.8, 4) is 0 Å². The largest absolute Gasteiger partial charge is 0.452 e. The number of hydrogen-bond donors (Lipinski definition) is 1. The Morgan fingerprint density at radius 1 is 1.16 bits per heavy atom. The monoisotopic (exact) mass is 442 g/mol. The number of nitro groups is 1. The molecule has 0 atom stereocenters. The minimum atomic E-state index is -0.710. The van der Waals surface area contributed by atoms with Crippen LogP contribution in [0.15, 0.2) is 48.5 Å². The van der Waals surface area contributed by atoms with E-state index in [2.05, 4.69) is 10.4 Å². The molecule has 0 aliphatic carbocycles. The van der Waals surface area contributed by atoms with E-state index in [1.165, 1.54) is 18.2 Å². The normalized spacial score (nSPS) is 10.5. The number of amides is 1. The number of halogens is 1. The van der Waals surface area contributed by atoms with Crippen molar-refractivity contribution in [2.45, 2.75) is 20.4 Å². The fourth-order valence-electron chi connectivity index (χ4n) is 3.06. The highest BCUT2D eigenvalue weighted by Crippen LogP contribution is 2.23. The van der Waals surface area contributed by atoms with Crippen LogP contribution in [0.3, 0.4) is 0 Å². The van der Waals surface area contributed by atoms with Gasteiger partial charge in [0.25, 0.3) is 11.6 Å². The molecule has 3 rings (SSSR count). The summed E-state index contributed by atoms with van der Waals surface area (Å²) in [4.78, 5) is 35.1. The summed E-state index contributed by atoms with van der Waals surface area (Å²) in [5, 5.41) is 18.4. The van der Waals surface area contributed by atoms with Gasteiger partial charge in [0.05, 0.1) is 22.9 Å². The molecule has 0 aliphatic heterocycles. The molecule has 160 valence electrons. The zero-order valence-electron chi connectivity index (χ0n) is 16.8. The van der Waals surface area contributed by atoms with E-state index >= 15 is 0 Å². The molecule has 0 saturated carbocycles. The average Bonchev–Trinajstić information content (AvgIpc) is 3.01. The number of nitrogens with zero attached hydrogens (tertiary/aromatic N) is 3. The Kier molecular flexibility index (Phi) is 6.66. The highest BCUT2D eigenvalue weighted by atomic mass is 35.5. The lowest BCUT2D eigenvalue weighted by molar-refractivity contribution is -0.383. The molecular formula is C21H19ClN4O5. The number of aryl methyl sites for hydroxylation is 1. The van der Waals surface area contributed by atoms with Crippen molar-refractivity contribution in [3.63, 3.8) is 0 Å². The summed E-state index contributed by atoms with van der Waals surface area (Å²) >= 11 is 6.20. The first kappa shape index (κ1) is 22.0. The SMILES string of the molecule is Cc1nn(Cc2ccccc2Cl)c(C)c1C(=O)OCC(=O)Nc1ccccc1[N+](=O)[O-]. The Morgan fingerprint density at radius 3 is 2.55 bits per heavy atom. The van der Waals surface area contributed by atoms with Crippen molar-refractivity contribution in [2.24, 2.45) is 0 Å². The molecule has 1 heterocycles. The van der Waals surface area contributed by atoms with Gasteiger partial charge in [-0.25, -0.2) is 4.79 Å². The second-order valence-electron chi connectivity index (χ2n) is 6.69. The lowest BCUT2D eigenvalue weighted by Crippen LogP contribution is -2.22. The van der Waals surface area contributed by atoms with Crippen LogP contribution in [-0.2, 0) is 16.1 Å². The highest BCUT2D eigenvalue weighted by Gasteiger charge is 2.22. The molecule has 1 amide bonds. The molecule has 0 radical (unpaired) electrons. The van der Waals surface area contributed by atoms with E-state index in [9.17, 15) is 19.7 Å². The molecule has 10 heteroatoms. The standard InChI is InChI=1S/C21H19ClN4O5/c1-13-20(14(2)25(24-13)11-15-7-3-4-8-16(15)22)21(28)31-12-19(27)23-17-9-5-6-10-18(17)26(29)30/h3-10H,11-12H2,1-2H3,(H,23,27). The number of nitrogens with one attached hydrogen (secondary N) is 1. The van der Waals surface area contributed by atoms with Gasteiger partial charge in [0.15, 0.2) is 6.61 Å². The number of carbonyl (C=O) groups is 2. The Morgan fingerprint density at radius 2 is 1.84 bits per heavy atom. The molecule has 0 spiro atoms. The van der Waals surface area contributed by atoms with Gasteiger partial charge in [-0.2, -0.15) is 5.10 Å². The maximum Gasteiger partial charge on any atom is 0.342 e. The van der Waals surface area contributed by atoms with Gasteiger partial charge in [0.2, 0.25) is 0 Å². The van der Waals surface area contributed by atoms with Crippen molar-refractivity contribution in [1.29, 1.82) is 0 Å². The van der Waals surface area contributed by atoms with Crippen LogP contribution in [0.25, 0.3) is 0 Å². The first-order chi connectivity index (χ1) is 14.8. The van der Waals surface area contributed by atoms with E-state index < -0.39 is 23.4 Å². The van der Waals surface area contributed by atoms with Gasteiger partial charge in [-0.15, -0.1) is 0 Å². The van der Waals surface area contributed by atoms with Crippen LogP contribution >= 0.6 is 11.6 Å². The van der Waals surface area contributed by atoms with Crippen molar-refractivity contribution >= 4 is 34.9 Å². The zero-order valence-corrected chi connectivity index (χ0v) is 17.5. The summed E-state index contributed by atoms with van der Waals surface area (Å²) in [5.74, 6) is -1.40. The molecule has 0 saturated heterocycles. The van der Waals surface area contributed by atoms with E-state index in [0.29, 0.717) is 23.0 Å². The molecule has 1 N–H and O–H groups in total. The minimum absolute atomic E-state index is 0.0217. The maximum atomic E-state index is 12.6. The number of carbonyl (C=O) groups excluding carboxylic acids is 2. The lowest BCUT2D eigenvalue weighted by Gasteiger charge is -2.08. The smallest absolute Gasteiger partial charge is 0.342 e. The number of esters is 1. The zero-order chi connectivity index (χ0) is 22.5. The average molecular weight is 443 g/mol. The first-order valence-electron chi connectivity index (χ1n) is 9.25. The van der Waals surface area contributed by atoms with E-state index in [-0.39, 0.29) is 16.9 Å². The molecule has 2 aromatic carbocycles. The van der Waals surface area contributed by atoms with Gasteiger partial charge in [-0.05, 0) is 31.5 Å². The van der Waals surface area contributed by atoms with Crippen LogP contribution in [0.2, 0.25) is 5.02 Å². The molecular weight excluding hydrogens is 424 g/mol. The summed E-state index contributed by atoms with van der Waals surface area (Å²) < 4.78 is 6.75. The van der Waals surface area contributed by atoms with Gasteiger partial charge in [0, 0.05) is 11.1 Å². The maximum absolute atomic E-state index is 12.6. The lowest BCUT2D eigenvalue weighted by atomic mass is 10.2. The fraction of sp³-hybridized carbons (Fsp3) is 0.190. The predicted molar refractivity (Wildman–Crippen MR) is 114 cm³/mol. The summed E-state index contributed by atoms with van der Waals surface area (Å²) in [7, 11) is 0. The number of ether oxygens (including phenoxy) is 1. The predicted octanol–water partition coefficient (Wildman–Crippen LogP) is 3.91. The van der Waals surface area contributed by atoms with Crippen LogP contribution in [0.4, 0.5) is 11.4 Å². The molecule has 9 nitrogen and oxygen atoms in total. The number of rotatable bonds is 7. The molecule has 31 heavy (non-hydrogen) atoms. The quantitative estimate of drug-likeness (QED) is 0.337. The number of benzene rings is 2. The van der Waals surface area contributed by atoms with E-state index in [1.54, 1.807) is 30.7 Å². The van der Waals surface area contributed by atoms with Crippen molar-refractivity contribution in [1.82, 2.24) is 9.78 Å². The third kappa shape index (κ3) is 5.07. The van der Waals surface area contributed by atoms with Gasteiger partial charge in [-0.1, -0.05) is 41.9 Å². The topological polar surface area (TPSA) is 116 Å². The van der Waals surface area contributed by atoms with E-state index in [4.69, 9.17) is 16.3 Å². The van der Waals surface area contributed by atoms with Crippen molar-refractivity contribution < 1.29 is 19.2 Å². The minimum Gasteiger partial charge on any atom is -0.452 e. The van der Waals surface area contributed by atoms with Crippen molar-refractivity contribution in [3.05, 3.63) is 86.2 Å². The van der Waals surface area contributed by atoms with Gasteiger partial charge in [-0.3, -0.25) is 19.6 Å². The molecule has 0 aliphatic rings. The second-order valence-corrected chi connectivity index (χ2v) is 7.10. The summed E-state index contributed by atoms with van der Waals surface area (Å²) in [5.41, 5.74) is 1.89. The Bertz CT molecular complexity index is 1160. The van der Waals surface area contributed by atoms with Crippen LogP contribution in [-0.4, -0.2) is 33.2 Å². The van der Waals surface area contributed by atoms with Crippen molar-refractivity contribution in [2.75, 3.05) is 11.9 Å². The van der Waals surface area contributed by atoms with E-state index in [0.717, 1.165) is 5.56 Å². The molecule has 0 unspecified atom stereocenters. The molecule has 0 bridgehead atoms. The van der Waals surface area contributed by atoms with Crippen LogP contribution in [0, 0.1) is 24.0 Å². The Balaban J connectivity index is 1.67. The third-order valence-electron chi connectivity index (χ3n) is 4.57. The summed E-state index contributed by atoms with van der Waals surface area (Å²) in [6, 6.07) is 13.0. The van der Waals surface area contributed by atoms with Gasteiger partial charge >= 0.3 is 5.97 Å². The number of anilines is 1. The first-order valence-corrected chi connectivity index (χ1v) is 9.63. The van der Waals surface area contributed by atoms with Crippen LogP contribution in [0.1, 0.15) is 27.3 Å². The number of hydrogen-bond acceptors (Lipinski definition) is 6. The van der Waals surface area contributed by atoms with Crippen LogP contribution in [0.5, 0.6) is 0 Å². The summed E-state index contributed by atoms with van der Waals surface area (Å²) in [6.07, 6.45) is 0. The van der Waals surface area contributed by atoms with E-state index in [1.807, 2.05) is 18.2 Å². The highest BCUT2D eigenvalue weighted by molar-refractivity contribution is 6.31.